The zero-order chi connectivity index (χ0) is 7.23. The first kappa shape index (κ1) is 7.63. The summed E-state index contributed by atoms with van der Waals surface area (Å²) in [5.41, 5.74) is 1.04. The fraction of sp³-hybridized carbons (Fsp3) is 0.667. The van der Waals surface area contributed by atoms with Gasteiger partial charge in [-0.3, -0.25) is 0 Å². The van der Waals surface area contributed by atoms with E-state index in [0.717, 1.165) is 25.0 Å². The number of hydrogen-bond donors (Lipinski definition) is 1. The van der Waals surface area contributed by atoms with Crippen LogP contribution in [0.1, 0.15) is 18.5 Å². The van der Waals surface area contributed by atoms with Crippen LogP contribution >= 0.6 is 11.7 Å². The van der Waals surface area contributed by atoms with Crippen LogP contribution in [0, 0.1) is 0 Å². The summed E-state index contributed by atoms with van der Waals surface area (Å²) in [7, 11) is 0. The van der Waals surface area contributed by atoms with Gasteiger partial charge in [-0.15, -0.1) is 0 Å². The molecule has 10 heavy (non-hydrogen) atoms. The smallest absolute Gasteiger partial charge is 0.0743 e. The van der Waals surface area contributed by atoms with Gasteiger partial charge in [0, 0.05) is 6.61 Å². The first-order chi connectivity index (χ1) is 4.93. The monoisotopic (exact) mass is 158 g/mol. The Morgan fingerprint density at radius 3 is 3.00 bits per heavy atom. The van der Waals surface area contributed by atoms with Crippen molar-refractivity contribution >= 4 is 11.7 Å². The molecule has 1 aromatic heterocycles. The van der Waals surface area contributed by atoms with Crippen LogP contribution in [-0.4, -0.2) is 20.5 Å². The molecule has 0 unspecified atom stereocenters. The predicted octanol–water partition coefficient (Wildman–Crippen LogP) is 0.853. The normalized spacial score (nSPS) is 10.1. The average Bonchev–Trinajstić information content (AvgIpc) is 2.41. The fourth-order valence-corrected chi connectivity index (χ4v) is 1.17. The largest absolute Gasteiger partial charge is 0.396 e. The zero-order valence-electron chi connectivity index (χ0n) is 5.66. The molecule has 1 rings (SSSR count). The molecule has 0 saturated heterocycles. The van der Waals surface area contributed by atoms with Crippen molar-refractivity contribution in [1.82, 2.24) is 8.75 Å². The molecule has 0 aromatic carbocycles. The molecule has 1 heterocycles. The van der Waals surface area contributed by atoms with Gasteiger partial charge in [-0.2, -0.15) is 8.75 Å². The van der Waals surface area contributed by atoms with Crippen molar-refractivity contribution in [3.8, 4) is 0 Å². The van der Waals surface area contributed by atoms with Crippen LogP contribution in [0.3, 0.4) is 0 Å². The topological polar surface area (TPSA) is 46.0 Å². The summed E-state index contributed by atoms with van der Waals surface area (Å²) in [6, 6.07) is 0. The molecule has 0 aliphatic rings. The number of aliphatic hydroxyl groups excluding tert-OH is 1. The molecule has 4 heteroatoms. The Hall–Kier alpha value is -0.480. The number of aliphatic hydroxyl groups is 1. The Bertz CT molecular complexity index is 164. The van der Waals surface area contributed by atoms with E-state index in [-0.39, 0.29) is 6.61 Å². The molecular weight excluding hydrogens is 148 g/mol. The molecule has 0 saturated carbocycles. The summed E-state index contributed by atoms with van der Waals surface area (Å²) in [6.45, 7) is 0.275. The second-order valence-corrected chi connectivity index (χ2v) is 2.64. The summed E-state index contributed by atoms with van der Waals surface area (Å²) in [5.74, 6) is 0. The second-order valence-electron chi connectivity index (χ2n) is 2.08. The Morgan fingerprint density at radius 1 is 1.50 bits per heavy atom. The van der Waals surface area contributed by atoms with Crippen LogP contribution in [-0.2, 0) is 6.42 Å². The first-order valence-corrected chi connectivity index (χ1v) is 4.04. The lowest BCUT2D eigenvalue weighted by atomic mass is 10.2. The highest BCUT2D eigenvalue weighted by Crippen LogP contribution is 2.00. The number of unbranched alkanes of at least 4 members (excludes halogenated alkanes) is 1. The first-order valence-electron chi connectivity index (χ1n) is 3.31. The number of hydrogen-bond acceptors (Lipinski definition) is 4. The standard InChI is InChI=1S/C6H10N2OS/c9-4-2-1-3-6-5-7-10-8-6/h5,9H,1-4H2. The maximum atomic E-state index is 8.46. The summed E-state index contributed by atoms with van der Waals surface area (Å²) >= 11 is 1.24. The lowest BCUT2D eigenvalue weighted by Crippen LogP contribution is -1.87. The highest BCUT2D eigenvalue weighted by Gasteiger charge is 1.94. The van der Waals surface area contributed by atoms with Crippen LogP contribution < -0.4 is 0 Å². The molecule has 0 aliphatic heterocycles. The lowest BCUT2D eigenvalue weighted by Gasteiger charge is -1.91. The van der Waals surface area contributed by atoms with E-state index in [1.165, 1.54) is 11.7 Å². The third kappa shape index (κ3) is 2.41. The van der Waals surface area contributed by atoms with Gasteiger partial charge in [0.25, 0.3) is 0 Å². The molecule has 0 fully saturated rings. The van der Waals surface area contributed by atoms with Gasteiger partial charge in [0.2, 0.25) is 0 Å². The van der Waals surface area contributed by atoms with E-state index in [1.807, 2.05) is 0 Å². The number of rotatable bonds is 4. The molecule has 0 atom stereocenters. The molecule has 56 valence electrons. The second kappa shape index (κ2) is 4.35. The van der Waals surface area contributed by atoms with Crippen LogP contribution in [0.15, 0.2) is 6.20 Å². The molecule has 1 aromatic rings. The van der Waals surface area contributed by atoms with Crippen molar-refractivity contribution in [2.45, 2.75) is 19.3 Å². The third-order valence-corrected chi connectivity index (χ3v) is 1.76. The van der Waals surface area contributed by atoms with Gasteiger partial charge in [0.05, 0.1) is 23.6 Å². The SMILES string of the molecule is OCCCCc1cnsn1. The molecule has 0 spiro atoms. The van der Waals surface area contributed by atoms with Crippen LogP contribution in [0.4, 0.5) is 0 Å². The van der Waals surface area contributed by atoms with Crippen molar-refractivity contribution in [1.29, 1.82) is 0 Å². The molecule has 0 aliphatic carbocycles. The van der Waals surface area contributed by atoms with Crippen molar-refractivity contribution in [2.75, 3.05) is 6.61 Å². The number of nitrogens with zero attached hydrogens (tertiary/aromatic N) is 2. The predicted molar refractivity (Wildman–Crippen MR) is 39.9 cm³/mol. The summed E-state index contributed by atoms with van der Waals surface area (Å²) in [6.07, 6.45) is 4.58. The van der Waals surface area contributed by atoms with Gasteiger partial charge in [0.15, 0.2) is 0 Å². The molecular formula is C6H10N2OS. The van der Waals surface area contributed by atoms with Gasteiger partial charge in [0.1, 0.15) is 0 Å². The van der Waals surface area contributed by atoms with E-state index in [2.05, 4.69) is 8.75 Å². The van der Waals surface area contributed by atoms with Gasteiger partial charge >= 0.3 is 0 Å². The van der Waals surface area contributed by atoms with E-state index in [9.17, 15) is 0 Å². The molecule has 1 N–H and O–H groups in total. The molecule has 0 radical (unpaired) electrons. The molecule has 0 bridgehead atoms. The van der Waals surface area contributed by atoms with Gasteiger partial charge in [-0.25, -0.2) is 0 Å². The van der Waals surface area contributed by atoms with Gasteiger partial charge in [-0.05, 0) is 19.3 Å². The number of aryl methyl sites for hydroxylation is 1. The van der Waals surface area contributed by atoms with Crippen molar-refractivity contribution in [3.05, 3.63) is 11.9 Å². The lowest BCUT2D eigenvalue weighted by molar-refractivity contribution is 0.284. The Kier molecular flexibility index (Phi) is 3.32. The van der Waals surface area contributed by atoms with Crippen LogP contribution in [0.5, 0.6) is 0 Å². The summed E-state index contributed by atoms with van der Waals surface area (Å²) < 4.78 is 7.91. The Balaban J connectivity index is 2.15. The minimum atomic E-state index is 0.275. The fourth-order valence-electron chi connectivity index (χ4n) is 0.712. The zero-order valence-corrected chi connectivity index (χ0v) is 6.47. The Labute approximate surface area is 64.0 Å². The van der Waals surface area contributed by atoms with E-state index in [1.54, 1.807) is 6.20 Å². The minimum absolute atomic E-state index is 0.275. The average molecular weight is 158 g/mol. The van der Waals surface area contributed by atoms with Crippen LogP contribution in [0.2, 0.25) is 0 Å². The van der Waals surface area contributed by atoms with Crippen molar-refractivity contribution < 1.29 is 5.11 Å². The molecule has 3 nitrogen and oxygen atoms in total. The van der Waals surface area contributed by atoms with Gasteiger partial charge < -0.3 is 5.11 Å². The minimum Gasteiger partial charge on any atom is -0.396 e. The quantitative estimate of drug-likeness (QED) is 0.661. The van der Waals surface area contributed by atoms with E-state index < -0.39 is 0 Å². The van der Waals surface area contributed by atoms with Crippen LogP contribution in [0.25, 0.3) is 0 Å². The van der Waals surface area contributed by atoms with E-state index >= 15 is 0 Å². The summed E-state index contributed by atoms with van der Waals surface area (Å²) in [5, 5.41) is 8.46. The van der Waals surface area contributed by atoms with E-state index in [0.29, 0.717) is 0 Å². The Morgan fingerprint density at radius 2 is 2.40 bits per heavy atom. The summed E-state index contributed by atoms with van der Waals surface area (Å²) in [4.78, 5) is 0. The van der Waals surface area contributed by atoms with E-state index in [4.69, 9.17) is 5.11 Å². The number of aromatic nitrogens is 2. The maximum absolute atomic E-state index is 8.46. The third-order valence-electron chi connectivity index (χ3n) is 1.25. The maximum Gasteiger partial charge on any atom is 0.0743 e. The highest BCUT2D eigenvalue weighted by atomic mass is 32.1. The van der Waals surface area contributed by atoms with Crippen molar-refractivity contribution in [3.63, 3.8) is 0 Å². The van der Waals surface area contributed by atoms with Crippen molar-refractivity contribution in [2.24, 2.45) is 0 Å². The molecule has 0 amide bonds. The van der Waals surface area contributed by atoms with Gasteiger partial charge in [-0.1, -0.05) is 0 Å². The highest BCUT2D eigenvalue weighted by molar-refractivity contribution is 6.99.